The Bertz CT molecular complexity index is 598. The van der Waals surface area contributed by atoms with Crippen molar-refractivity contribution >= 4 is 23.4 Å². The monoisotopic (exact) mass is 309 g/mol. The number of nitro groups is 1. The van der Waals surface area contributed by atoms with Crippen LogP contribution in [0.2, 0.25) is 0 Å². The highest BCUT2D eigenvalue weighted by Crippen LogP contribution is 2.21. The van der Waals surface area contributed by atoms with Crippen LogP contribution in [0.4, 0.5) is 16.2 Å². The van der Waals surface area contributed by atoms with Gasteiger partial charge in [0.2, 0.25) is 0 Å². The molecule has 0 heterocycles. The van der Waals surface area contributed by atoms with E-state index in [-0.39, 0.29) is 18.5 Å². The Kier molecular flexibility index (Phi) is 5.44. The summed E-state index contributed by atoms with van der Waals surface area (Å²) in [6.07, 6.45) is 0.235. The number of hydrogen-bond donors (Lipinski definition) is 3. The van der Waals surface area contributed by atoms with Crippen molar-refractivity contribution in [3.63, 3.8) is 0 Å². The molecule has 0 saturated heterocycles. The summed E-state index contributed by atoms with van der Waals surface area (Å²) in [7, 11) is 0. The number of benzene rings is 1. The van der Waals surface area contributed by atoms with Gasteiger partial charge in [-0.15, -0.1) is 0 Å². The molecule has 0 fully saturated rings. The van der Waals surface area contributed by atoms with Crippen molar-refractivity contribution in [3.8, 4) is 0 Å². The molecule has 0 aliphatic heterocycles. The van der Waals surface area contributed by atoms with E-state index < -0.39 is 22.5 Å². The zero-order valence-electron chi connectivity index (χ0n) is 12.7. The molecule has 120 valence electrons. The van der Waals surface area contributed by atoms with Crippen LogP contribution in [0.25, 0.3) is 0 Å². The van der Waals surface area contributed by atoms with Gasteiger partial charge in [-0.2, -0.15) is 0 Å². The van der Waals surface area contributed by atoms with Gasteiger partial charge >= 0.3 is 12.0 Å². The van der Waals surface area contributed by atoms with Crippen molar-refractivity contribution in [2.24, 2.45) is 0 Å². The van der Waals surface area contributed by atoms with Crippen LogP contribution in [0.15, 0.2) is 18.2 Å². The van der Waals surface area contributed by atoms with Gasteiger partial charge in [-0.3, -0.25) is 14.9 Å². The summed E-state index contributed by atoms with van der Waals surface area (Å²) in [6.45, 7) is 5.09. The number of carbonyl (C=O) groups is 2. The second-order valence-corrected chi connectivity index (χ2v) is 5.61. The number of amides is 2. The Morgan fingerprint density at radius 2 is 2.00 bits per heavy atom. The molecule has 8 heteroatoms. The first-order valence-corrected chi connectivity index (χ1v) is 6.67. The Balaban J connectivity index is 2.69. The Labute approximate surface area is 127 Å². The molecular formula is C14H19N3O5. The lowest BCUT2D eigenvalue weighted by Gasteiger charge is -2.26. The minimum absolute atomic E-state index is 0.0507. The van der Waals surface area contributed by atoms with Crippen LogP contribution in [0.3, 0.4) is 0 Å². The molecule has 0 aliphatic carbocycles. The van der Waals surface area contributed by atoms with Gasteiger partial charge in [0, 0.05) is 29.8 Å². The molecule has 22 heavy (non-hydrogen) atoms. The first kappa shape index (κ1) is 17.4. The largest absolute Gasteiger partial charge is 0.481 e. The molecule has 0 radical (unpaired) electrons. The topological polar surface area (TPSA) is 122 Å². The number of aliphatic carboxylic acids is 1. The zero-order valence-corrected chi connectivity index (χ0v) is 12.7. The summed E-state index contributed by atoms with van der Waals surface area (Å²) in [5.74, 6) is -0.929. The fourth-order valence-electron chi connectivity index (χ4n) is 1.84. The van der Waals surface area contributed by atoms with E-state index in [0.29, 0.717) is 11.3 Å². The van der Waals surface area contributed by atoms with E-state index in [2.05, 4.69) is 10.6 Å². The van der Waals surface area contributed by atoms with Crippen molar-refractivity contribution in [2.75, 3.05) is 5.32 Å². The number of rotatable bonds is 6. The number of nitrogens with one attached hydrogen (secondary N) is 2. The first-order chi connectivity index (χ1) is 10.1. The van der Waals surface area contributed by atoms with Gasteiger partial charge in [0.05, 0.1) is 4.92 Å². The smallest absolute Gasteiger partial charge is 0.319 e. The van der Waals surface area contributed by atoms with Crippen LogP contribution in [-0.2, 0) is 4.79 Å². The maximum Gasteiger partial charge on any atom is 0.319 e. The predicted octanol–water partition coefficient (Wildman–Crippen LogP) is 2.67. The lowest BCUT2D eigenvalue weighted by molar-refractivity contribution is -0.384. The highest BCUT2D eigenvalue weighted by atomic mass is 16.6. The third-order valence-electron chi connectivity index (χ3n) is 3.08. The van der Waals surface area contributed by atoms with E-state index in [1.807, 2.05) is 0 Å². The summed E-state index contributed by atoms with van der Waals surface area (Å²) < 4.78 is 0. The van der Waals surface area contributed by atoms with Crippen LogP contribution in [0, 0.1) is 17.0 Å². The fraction of sp³-hybridized carbons (Fsp3) is 0.429. The summed E-state index contributed by atoms with van der Waals surface area (Å²) in [4.78, 5) is 32.7. The lowest BCUT2D eigenvalue weighted by Crippen LogP contribution is -2.45. The molecule has 1 rings (SSSR count). The summed E-state index contributed by atoms with van der Waals surface area (Å²) in [5, 5.41) is 24.6. The Morgan fingerprint density at radius 1 is 1.36 bits per heavy atom. The van der Waals surface area contributed by atoms with Gasteiger partial charge in [0.15, 0.2) is 0 Å². The molecule has 0 atom stereocenters. The van der Waals surface area contributed by atoms with Crippen LogP contribution in [0.5, 0.6) is 0 Å². The second kappa shape index (κ2) is 6.88. The van der Waals surface area contributed by atoms with Crippen molar-refractivity contribution < 1.29 is 19.6 Å². The molecular weight excluding hydrogens is 290 g/mol. The van der Waals surface area contributed by atoms with Crippen molar-refractivity contribution in [2.45, 2.75) is 39.2 Å². The number of nitro benzene ring substituents is 1. The van der Waals surface area contributed by atoms with E-state index in [1.165, 1.54) is 18.2 Å². The Hall–Kier alpha value is -2.64. The molecule has 0 spiro atoms. The number of anilines is 1. The zero-order chi connectivity index (χ0) is 16.9. The van der Waals surface area contributed by atoms with Gasteiger partial charge in [-0.25, -0.2) is 4.79 Å². The third kappa shape index (κ3) is 5.39. The maximum absolute atomic E-state index is 11.9. The van der Waals surface area contributed by atoms with Crippen LogP contribution >= 0.6 is 0 Å². The molecule has 3 N–H and O–H groups in total. The number of non-ortho nitro benzene ring substituents is 1. The fourth-order valence-corrected chi connectivity index (χ4v) is 1.84. The van der Waals surface area contributed by atoms with E-state index in [4.69, 9.17) is 5.11 Å². The quantitative estimate of drug-likeness (QED) is 0.551. The van der Waals surface area contributed by atoms with E-state index in [9.17, 15) is 19.7 Å². The number of carbonyl (C=O) groups excluding carboxylic acids is 1. The number of hydrogen-bond acceptors (Lipinski definition) is 4. The molecule has 2 amide bonds. The van der Waals surface area contributed by atoms with E-state index in [0.717, 1.165) is 0 Å². The van der Waals surface area contributed by atoms with Crippen molar-refractivity contribution in [1.82, 2.24) is 5.32 Å². The van der Waals surface area contributed by atoms with Gasteiger partial charge in [0.25, 0.3) is 5.69 Å². The molecule has 1 aromatic carbocycles. The van der Waals surface area contributed by atoms with Gasteiger partial charge in [-0.1, -0.05) is 0 Å². The second-order valence-electron chi connectivity index (χ2n) is 5.61. The number of aryl methyl sites for hydroxylation is 1. The predicted molar refractivity (Wildman–Crippen MR) is 80.9 cm³/mol. The standard InChI is InChI=1S/C14H19N3O5/c1-9-8-10(17(21)22)4-5-11(9)15-13(20)16-14(2,3)7-6-12(18)19/h4-5,8H,6-7H2,1-3H3,(H,18,19)(H2,15,16,20). The SMILES string of the molecule is Cc1cc([N+](=O)[O-])ccc1NC(=O)NC(C)(C)CCC(=O)O. The van der Waals surface area contributed by atoms with Gasteiger partial charge in [0.1, 0.15) is 0 Å². The lowest BCUT2D eigenvalue weighted by atomic mass is 9.99. The average Bonchev–Trinajstić information content (AvgIpc) is 2.38. The number of urea groups is 1. The normalized spacial score (nSPS) is 10.9. The summed E-state index contributed by atoms with van der Waals surface area (Å²) >= 11 is 0. The van der Waals surface area contributed by atoms with E-state index >= 15 is 0 Å². The maximum atomic E-state index is 11.9. The molecule has 0 unspecified atom stereocenters. The van der Waals surface area contributed by atoms with Crippen molar-refractivity contribution in [1.29, 1.82) is 0 Å². The number of carboxylic acids is 1. The van der Waals surface area contributed by atoms with Crippen molar-refractivity contribution in [3.05, 3.63) is 33.9 Å². The highest BCUT2D eigenvalue weighted by Gasteiger charge is 2.22. The van der Waals surface area contributed by atoms with Crippen LogP contribution < -0.4 is 10.6 Å². The third-order valence-corrected chi connectivity index (χ3v) is 3.08. The molecule has 0 aromatic heterocycles. The minimum atomic E-state index is -0.929. The summed E-state index contributed by atoms with van der Waals surface area (Å²) in [5.41, 5.74) is 0.284. The van der Waals surface area contributed by atoms with Gasteiger partial charge in [-0.05, 0) is 38.8 Å². The Morgan fingerprint density at radius 3 is 2.50 bits per heavy atom. The molecule has 0 aliphatic rings. The summed E-state index contributed by atoms with van der Waals surface area (Å²) in [6, 6.07) is 3.63. The van der Waals surface area contributed by atoms with Crippen LogP contribution in [0.1, 0.15) is 32.3 Å². The van der Waals surface area contributed by atoms with E-state index in [1.54, 1.807) is 20.8 Å². The number of nitrogens with zero attached hydrogens (tertiary/aromatic N) is 1. The van der Waals surface area contributed by atoms with Gasteiger partial charge < -0.3 is 15.7 Å². The average molecular weight is 309 g/mol. The minimum Gasteiger partial charge on any atom is -0.481 e. The molecule has 0 bridgehead atoms. The first-order valence-electron chi connectivity index (χ1n) is 6.67. The molecule has 1 aromatic rings. The molecule has 0 saturated carbocycles. The number of carboxylic acid groups (broad SMARTS) is 1. The van der Waals surface area contributed by atoms with Crippen LogP contribution in [-0.4, -0.2) is 27.6 Å². The molecule has 8 nitrogen and oxygen atoms in total. The highest BCUT2D eigenvalue weighted by molar-refractivity contribution is 5.90.